The molecule has 1 aromatic rings. The van der Waals surface area contributed by atoms with Crippen molar-refractivity contribution in [1.29, 1.82) is 10.5 Å². The fourth-order valence-corrected chi connectivity index (χ4v) is 0.754. The standard InChI is InChI=1S/C7H5N5O/c1-12-4-6(10-11-12)7(13)5(2-8)3-9/h4-5H,1H3. The number of aryl methyl sites for hydroxylation is 1. The summed E-state index contributed by atoms with van der Waals surface area (Å²) < 4.78 is 1.33. The van der Waals surface area contributed by atoms with Crippen LogP contribution >= 0.6 is 0 Å². The average molecular weight is 175 g/mol. The summed E-state index contributed by atoms with van der Waals surface area (Å²) in [5.74, 6) is -1.91. The van der Waals surface area contributed by atoms with Crippen LogP contribution in [0.4, 0.5) is 0 Å². The molecule has 6 heteroatoms. The third kappa shape index (κ3) is 1.68. The van der Waals surface area contributed by atoms with Crippen LogP contribution in [-0.4, -0.2) is 20.8 Å². The Kier molecular flexibility index (Phi) is 2.36. The van der Waals surface area contributed by atoms with Crippen molar-refractivity contribution < 1.29 is 4.79 Å². The summed E-state index contributed by atoms with van der Waals surface area (Å²) in [5, 5.41) is 23.8. The minimum Gasteiger partial charge on any atom is -0.290 e. The maximum Gasteiger partial charge on any atom is 0.216 e. The molecule has 0 bridgehead atoms. The van der Waals surface area contributed by atoms with E-state index in [9.17, 15) is 4.79 Å². The highest BCUT2D eigenvalue weighted by Crippen LogP contribution is 2.03. The van der Waals surface area contributed by atoms with Gasteiger partial charge in [0.15, 0.2) is 11.6 Å². The monoisotopic (exact) mass is 175 g/mol. The molecule has 0 aromatic carbocycles. The van der Waals surface area contributed by atoms with Gasteiger partial charge in [-0.3, -0.25) is 9.48 Å². The Balaban J connectivity index is 2.94. The van der Waals surface area contributed by atoms with Crippen molar-refractivity contribution in [3.05, 3.63) is 11.9 Å². The molecule has 0 radical (unpaired) electrons. The van der Waals surface area contributed by atoms with E-state index in [0.717, 1.165) is 0 Å². The fourth-order valence-electron chi connectivity index (χ4n) is 0.754. The number of carbonyl (C=O) groups excluding carboxylic acids is 1. The van der Waals surface area contributed by atoms with Gasteiger partial charge in [-0.25, -0.2) is 0 Å². The normalized spacial score (nSPS) is 9.23. The van der Waals surface area contributed by atoms with Crippen molar-refractivity contribution in [1.82, 2.24) is 15.0 Å². The molecular formula is C7H5N5O. The highest BCUT2D eigenvalue weighted by molar-refractivity contribution is 5.99. The van der Waals surface area contributed by atoms with Gasteiger partial charge in [0, 0.05) is 7.05 Å². The van der Waals surface area contributed by atoms with Gasteiger partial charge in [-0.05, 0) is 0 Å². The van der Waals surface area contributed by atoms with Gasteiger partial charge >= 0.3 is 0 Å². The third-order valence-corrected chi connectivity index (χ3v) is 1.38. The Morgan fingerprint density at radius 2 is 2.23 bits per heavy atom. The van der Waals surface area contributed by atoms with E-state index in [-0.39, 0.29) is 5.69 Å². The smallest absolute Gasteiger partial charge is 0.216 e. The van der Waals surface area contributed by atoms with Crippen LogP contribution in [-0.2, 0) is 7.05 Å². The van der Waals surface area contributed by atoms with Gasteiger partial charge in [-0.15, -0.1) is 5.10 Å². The Labute approximate surface area is 74.0 Å². The number of hydrogen-bond donors (Lipinski definition) is 0. The molecule has 0 unspecified atom stereocenters. The van der Waals surface area contributed by atoms with Gasteiger partial charge in [0.2, 0.25) is 5.78 Å². The summed E-state index contributed by atoms with van der Waals surface area (Å²) in [6.07, 6.45) is 1.37. The van der Waals surface area contributed by atoms with Gasteiger partial charge in [0.05, 0.1) is 18.3 Å². The summed E-state index contributed by atoms with van der Waals surface area (Å²) in [6, 6.07) is 3.14. The fraction of sp³-hybridized carbons (Fsp3) is 0.286. The van der Waals surface area contributed by atoms with Gasteiger partial charge in [0.1, 0.15) is 0 Å². The van der Waals surface area contributed by atoms with Crippen LogP contribution in [0.5, 0.6) is 0 Å². The number of hydrogen-bond acceptors (Lipinski definition) is 5. The molecule has 64 valence electrons. The average Bonchev–Trinajstić information content (AvgIpc) is 2.54. The van der Waals surface area contributed by atoms with E-state index in [1.54, 1.807) is 19.2 Å². The molecule has 13 heavy (non-hydrogen) atoms. The minimum absolute atomic E-state index is 0.0376. The molecule has 0 aliphatic carbocycles. The van der Waals surface area contributed by atoms with Crippen LogP contribution in [0, 0.1) is 28.6 Å². The molecule has 0 saturated carbocycles. The number of aromatic nitrogens is 3. The predicted molar refractivity (Wildman–Crippen MR) is 40.0 cm³/mol. The van der Waals surface area contributed by atoms with Crippen LogP contribution < -0.4 is 0 Å². The number of rotatable bonds is 2. The summed E-state index contributed by atoms with van der Waals surface area (Å²) in [6.45, 7) is 0. The summed E-state index contributed by atoms with van der Waals surface area (Å²) >= 11 is 0. The maximum absolute atomic E-state index is 11.3. The van der Waals surface area contributed by atoms with Crippen LogP contribution in [0.25, 0.3) is 0 Å². The zero-order valence-electron chi connectivity index (χ0n) is 6.80. The lowest BCUT2D eigenvalue weighted by molar-refractivity contribution is 0.0966. The Hall–Kier alpha value is -2.21. The maximum atomic E-state index is 11.3. The molecule has 6 nitrogen and oxygen atoms in total. The summed E-state index contributed by atoms with van der Waals surface area (Å²) in [4.78, 5) is 11.3. The third-order valence-electron chi connectivity index (χ3n) is 1.38. The Morgan fingerprint density at radius 3 is 2.62 bits per heavy atom. The number of Topliss-reactive ketones (excluding diaryl/α,β-unsaturated/α-hetero) is 1. The first-order valence-electron chi connectivity index (χ1n) is 3.39. The second-order valence-electron chi connectivity index (χ2n) is 2.33. The van der Waals surface area contributed by atoms with Crippen LogP contribution in [0.1, 0.15) is 10.5 Å². The van der Waals surface area contributed by atoms with Crippen molar-refractivity contribution >= 4 is 5.78 Å². The minimum atomic E-state index is -1.29. The Bertz CT molecular complexity index is 393. The Morgan fingerprint density at radius 1 is 1.62 bits per heavy atom. The molecule has 0 atom stereocenters. The van der Waals surface area contributed by atoms with Crippen molar-refractivity contribution in [3.8, 4) is 12.1 Å². The number of carbonyl (C=O) groups is 1. The second-order valence-corrected chi connectivity index (χ2v) is 2.33. The summed E-state index contributed by atoms with van der Waals surface area (Å²) in [7, 11) is 1.59. The largest absolute Gasteiger partial charge is 0.290 e. The molecule has 0 aliphatic rings. The molecule has 1 heterocycles. The van der Waals surface area contributed by atoms with Crippen molar-refractivity contribution in [3.63, 3.8) is 0 Å². The van der Waals surface area contributed by atoms with Gasteiger partial charge in [-0.1, -0.05) is 5.21 Å². The van der Waals surface area contributed by atoms with Crippen molar-refractivity contribution in [2.24, 2.45) is 13.0 Å². The lowest BCUT2D eigenvalue weighted by Gasteiger charge is -1.91. The number of ketones is 1. The molecule has 0 fully saturated rings. The van der Waals surface area contributed by atoms with E-state index in [2.05, 4.69) is 10.3 Å². The van der Waals surface area contributed by atoms with Gasteiger partial charge in [-0.2, -0.15) is 10.5 Å². The second kappa shape index (κ2) is 3.46. The number of nitrogens with zero attached hydrogens (tertiary/aromatic N) is 5. The zero-order valence-corrected chi connectivity index (χ0v) is 6.80. The zero-order chi connectivity index (χ0) is 9.84. The van der Waals surface area contributed by atoms with Gasteiger partial charge < -0.3 is 0 Å². The molecule has 0 saturated heterocycles. The van der Waals surface area contributed by atoms with E-state index in [4.69, 9.17) is 10.5 Å². The van der Waals surface area contributed by atoms with Gasteiger partial charge in [0.25, 0.3) is 0 Å². The molecule has 1 rings (SSSR count). The van der Waals surface area contributed by atoms with E-state index in [0.29, 0.717) is 0 Å². The summed E-state index contributed by atoms with van der Waals surface area (Å²) in [5.41, 5.74) is 0.0376. The molecule has 1 aromatic heterocycles. The van der Waals surface area contributed by atoms with E-state index < -0.39 is 11.7 Å². The highest BCUT2D eigenvalue weighted by atomic mass is 16.1. The predicted octanol–water partition coefficient (Wildman–Crippen LogP) is -0.339. The quantitative estimate of drug-likeness (QED) is 0.573. The lowest BCUT2D eigenvalue weighted by atomic mass is 10.1. The highest BCUT2D eigenvalue weighted by Gasteiger charge is 2.21. The molecule has 0 amide bonds. The molecule has 0 aliphatic heterocycles. The number of nitriles is 2. The van der Waals surface area contributed by atoms with E-state index in [1.807, 2.05) is 0 Å². The first-order chi connectivity index (χ1) is 6.19. The van der Waals surface area contributed by atoms with Crippen LogP contribution in [0.2, 0.25) is 0 Å². The van der Waals surface area contributed by atoms with Crippen molar-refractivity contribution in [2.75, 3.05) is 0 Å². The van der Waals surface area contributed by atoms with Crippen LogP contribution in [0.3, 0.4) is 0 Å². The van der Waals surface area contributed by atoms with E-state index >= 15 is 0 Å². The first kappa shape index (κ1) is 8.88. The van der Waals surface area contributed by atoms with Crippen LogP contribution in [0.15, 0.2) is 6.20 Å². The molecule has 0 N–H and O–H groups in total. The first-order valence-corrected chi connectivity index (χ1v) is 3.39. The molecular weight excluding hydrogens is 170 g/mol. The van der Waals surface area contributed by atoms with Crippen molar-refractivity contribution in [2.45, 2.75) is 0 Å². The topological polar surface area (TPSA) is 95.4 Å². The molecule has 0 spiro atoms. The lowest BCUT2D eigenvalue weighted by Crippen LogP contribution is -2.11. The SMILES string of the molecule is Cn1cc(C(=O)C(C#N)C#N)nn1. The van der Waals surface area contributed by atoms with E-state index in [1.165, 1.54) is 10.9 Å².